The Balaban J connectivity index is 1.52. The van der Waals surface area contributed by atoms with E-state index in [0.29, 0.717) is 16.2 Å². The number of nitrogens with two attached hydrogens (primary N) is 1. The first-order valence-electron chi connectivity index (χ1n) is 9.95. The molecule has 0 aromatic carbocycles. The number of β-lactam (4-membered cyclic amide) rings is 1. The summed E-state index contributed by atoms with van der Waals surface area (Å²) in [6.45, 7) is 0. The van der Waals surface area contributed by atoms with E-state index in [1.165, 1.54) is 47.6 Å². The van der Waals surface area contributed by atoms with E-state index in [2.05, 4.69) is 15.5 Å². The molecule has 4 heterocycles. The van der Waals surface area contributed by atoms with Gasteiger partial charge in [0.05, 0.1) is 7.11 Å². The van der Waals surface area contributed by atoms with Crippen LogP contribution in [0.1, 0.15) is 20.2 Å². The zero-order chi connectivity index (χ0) is 25.3. The molecule has 12 nitrogen and oxygen atoms in total. The molecular formula is C20H19N5O7S3. The van der Waals surface area contributed by atoms with E-state index in [1.54, 1.807) is 12.1 Å². The summed E-state index contributed by atoms with van der Waals surface area (Å²) in [6.07, 6.45) is 0.264. The molecule has 2 unspecified atom stereocenters. The fraction of sp³-hybridized carbons (Fsp3) is 0.300. The van der Waals surface area contributed by atoms with E-state index < -0.39 is 35.2 Å². The van der Waals surface area contributed by atoms with Crippen molar-refractivity contribution in [3.63, 3.8) is 0 Å². The quantitative estimate of drug-likeness (QED) is 0.190. The van der Waals surface area contributed by atoms with Crippen LogP contribution in [-0.2, 0) is 30.4 Å². The number of thiophene rings is 1. The van der Waals surface area contributed by atoms with Crippen LogP contribution >= 0.6 is 34.4 Å². The Kier molecular flexibility index (Phi) is 7.09. The number of oxime groups is 1. The van der Waals surface area contributed by atoms with Crippen molar-refractivity contribution in [3.8, 4) is 0 Å². The van der Waals surface area contributed by atoms with Gasteiger partial charge in [0.2, 0.25) is 0 Å². The molecule has 1 saturated heterocycles. The molecule has 0 radical (unpaired) electrons. The van der Waals surface area contributed by atoms with Crippen LogP contribution in [-0.4, -0.2) is 75.8 Å². The summed E-state index contributed by atoms with van der Waals surface area (Å²) in [5, 5.41) is 17.3. The second-order valence-corrected chi connectivity index (χ2v) is 10.4. The average molecular weight is 538 g/mol. The zero-order valence-corrected chi connectivity index (χ0v) is 20.8. The number of rotatable bonds is 8. The molecule has 0 bridgehead atoms. The van der Waals surface area contributed by atoms with E-state index in [4.69, 9.17) is 15.3 Å². The van der Waals surface area contributed by atoms with Crippen molar-refractivity contribution in [1.29, 1.82) is 0 Å². The number of carbonyl (C=O) groups is 4. The number of thiazole rings is 1. The number of fused-ring (bicyclic) bond motifs is 1. The third-order valence-electron chi connectivity index (χ3n) is 5.13. The highest BCUT2D eigenvalue weighted by Gasteiger charge is 2.54. The van der Waals surface area contributed by atoms with Crippen LogP contribution in [0.15, 0.2) is 33.9 Å². The van der Waals surface area contributed by atoms with E-state index in [1.807, 2.05) is 0 Å². The number of anilines is 1. The number of aromatic nitrogens is 1. The normalized spacial score (nSPS) is 19.7. The van der Waals surface area contributed by atoms with Crippen molar-refractivity contribution < 1.29 is 33.9 Å². The van der Waals surface area contributed by atoms with Crippen LogP contribution in [0.5, 0.6) is 0 Å². The molecule has 0 aliphatic carbocycles. The summed E-state index contributed by atoms with van der Waals surface area (Å²) in [7, 11) is 2.55. The van der Waals surface area contributed by atoms with E-state index in [0.717, 1.165) is 16.2 Å². The minimum atomic E-state index is -1.24. The van der Waals surface area contributed by atoms with Crippen molar-refractivity contribution in [1.82, 2.24) is 15.2 Å². The predicted molar refractivity (Wildman–Crippen MR) is 129 cm³/mol. The Hall–Kier alpha value is -3.43. The second kappa shape index (κ2) is 10.1. The van der Waals surface area contributed by atoms with Crippen molar-refractivity contribution in [2.45, 2.75) is 17.8 Å². The fourth-order valence-electron chi connectivity index (χ4n) is 3.61. The highest BCUT2D eigenvalue weighted by Crippen LogP contribution is 2.41. The summed E-state index contributed by atoms with van der Waals surface area (Å²) in [5.41, 5.74) is 6.10. The van der Waals surface area contributed by atoms with Gasteiger partial charge in [0.25, 0.3) is 11.8 Å². The largest absolute Gasteiger partial charge is 0.477 e. The van der Waals surface area contributed by atoms with Crippen LogP contribution < -0.4 is 11.1 Å². The fourth-order valence-corrected chi connectivity index (χ4v) is 6.48. The summed E-state index contributed by atoms with van der Waals surface area (Å²) < 4.78 is 4.71. The first-order valence-corrected chi connectivity index (χ1v) is 12.7. The number of esters is 1. The highest BCUT2D eigenvalue weighted by atomic mass is 32.2. The monoisotopic (exact) mass is 537 g/mol. The lowest BCUT2D eigenvalue weighted by Crippen LogP contribution is -2.71. The summed E-state index contributed by atoms with van der Waals surface area (Å²) >= 11 is 3.65. The molecule has 2 aliphatic heterocycles. The van der Waals surface area contributed by atoms with Crippen LogP contribution in [0, 0.1) is 0 Å². The van der Waals surface area contributed by atoms with Crippen molar-refractivity contribution in [2.75, 3.05) is 25.7 Å². The number of nitrogens with one attached hydrogen (secondary N) is 1. The number of carbonyl (C=O) groups excluding carboxylic acids is 3. The smallest absolute Gasteiger partial charge is 0.352 e. The maximum atomic E-state index is 12.9. The van der Waals surface area contributed by atoms with Crippen molar-refractivity contribution in [2.24, 2.45) is 5.16 Å². The first-order chi connectivity index (χ1) is 16.7. The number of carboxylic acids is 1. The van der Waals surface area contributed by atoms with Gasteiger partial charge in [-0.25, -0.2) is 14.6 Å². The van der Waals surface area contributed by atoms with Crippen LogP contribution in [0.3, 0.4) is 0 Å². The molecule has 35 heavy (non-hydrogen) atoms. The number of carboxylic acid groups (broad SMARTS) is 1. The molecule has 2 atom stereocenters. The van der Waals surface area contributed by atoms with Gasteiger partial charge in [0.15, 0.2) is 10.8 Å². The van der Waals surface area contributed by atoms with E-state index >= 15 is 0 Å². The molecule has 15 heteroatoms. The molecule has 2 aromatic rings. The summed E-state index contributed by atoms with van der Waals surface area (Å²) in [5.74, 6) is -2.64. The third-order valence-corrected chi connectivity index (χ3v) is 8.21. The summed E-state index contributed by atoms with van der Waals surface area (Å²) in [6, 6.07) is 2.39. The Labute approximate surface area is 210 Å². The minimum Gasteiger partial charge on any atom is -0.477 e. The number of hydrogen-bond donors (Lipinski definition) is 3. The lowest BCUT2D eigenvalue weighted by atomic mass is 10.0. The first kappa shape index (κ1) is 24.7. The molecule has 4 rings (SSSR count). The average Bonchev–Trinajstić information content (AvgIpc) is 3.48. The number of aliphatic carboxylic acids is 1. The lowest BCUT2D eigenvalue weighted by molar-refractivity contribution is -0.150. The number of amides is 2. The Morgan fingerprint density at radius 1 is 1.34 bits per heavy atom. The van der Waals surface area contributed by atoms with Gasteiger partial charge in [-0.3, -0.25) is 14.5 Å². The van der Waals surface area contributed by atoms with Gasteiger partial charge in [-0.2, -0.15) is 0 Å². The van der Waals surface area contributed by atoms with Gasteiger partial charge in [-0.15, -0.1) is 34.4 Å². The number of methoxy groups -OCH3 is 1. The zero-order valence-electron chi connectivity index (χ0n) is 18.3. The van der Waals surface area contributed by atoms with Gasteiger partial charge in [-0.1, -0.05) is 5.16 Å². The maximum absolute atomic E-state index is 12.9. The topological polar surface area (TPSA) is 174 Å². The molecule has 1 fully saturated rings. The van der Waals surface area contributed by atoms with Gasteiger partial charge in [0, 0.05) is 22.4 Å². The van der Waals surface area contributed by atoms with E-state index in [-0.39, 0.29) is 28.7 Å². The van der Waals surface area contributed by atoms with Crippen LogP contribution in [0.4, 0.5) is 5.13 Å². The molecule has 0 saturated carbocycles. The van der Waals surface area contributed by atoms with Gasteiger partial charge < -0.3 is 25.7 Å². The summed E-state index contributed by atoms with van der Waals surface area (Å²) in [4.78, 5) is 60.7. The third kappa shape index (κ3) is 4.74. The predicted octanol–water partition coefficient (Wildman–Crippen LogP) is 0.905. The Bertz CT molecular complexity index is 1270. The van der Waals surface area contributed by atoms with E-state index in [9.17, 15) is 24.3 Å². The number of ether oxygens (including phenoxy) is 1. The Morgan fingerprint density at radius 2 is 2.11 bits per heavy atom. The van der Waals surface area contributed by atoms with Crippen molar-refractivity contribution in [3.05, 3.63) is 44.2 Å². The minimum absolute atomic E-state index is 0.115. The molecule has 2 aliphatic rings. The maximum Gasteiger partial charge on any atom is 0.352 e. The molecule has 184 valence electrons. The molecule has 0 spiro atoms. The van der Waals surface area contributed by atoms with Gasteiger partial charge in [-0.05, 0) is 17.7 Å². The Morgan fingerprint density at radius 3 is 2.74 bits per heavy atom. The lowest BCUT2D eigenvalue weighted by Gasteiger charge is -2.49. The van der Waals surface area contributed by atoms with Gasteiger partial charge in [0.1, 0.15) is 34.8 Å². The number of nitrogen functional groups attached to an aromatic ring is 1. The SMILES string of the molecule is CO/N=C(\C(=O)NC1C(=O)N2C(C(=O)O)=C(Cc3ccc(C(=O)OC)s3)CSC12)c1csc(N)n1. The second-order valence-electron chi connectivity index (χ2n) is 7.25. The number of hydrogen-bond acceptors (Lipinski definition) is 12. The number of thioether (sulfide) groups is 1. The van der Waals surface area contributed by atoms with Crippen LogP contribution in [0.25, 0.3) is 0 Å². The molecule has 2 amide bonds. The van der Waals surface area contributed by atoms with Gasteiger partial charge >= 0.3 is 11.9 Å². The molecule has 2 aromatic heterocycles. The molecule has 4 N–H and O–H groups in total. The highest BCUT2D eigenvalue weighted by molar-refractivity contribution is 8.00. The van der Waals surface area contributed by atoms with Crippen molar-refractivity contribution >= 4 is 69.0 Å². The number of nitrogens with zero attached hydrogens (tertiary/aromatic N) is 3. The van der Waals surface area contributed by atoms with Crippen LogP contribution in [0.2, 0.25) is 0 Å². The standard InChI is InChI=1S/C20H19N5O7S3/c1-31-19(30)11-4-3-9(35-11)5-8-6-33-17-13(16(27)25(17)14(8)18(28)29)23-15(26)12(24-32-2)10-7-34-20(21)22-10/h3-4,7,13,17H,5-6H2,1-2H3,(H2,21,22)(H,23,26)(H,28,29)/b24-12-. The molecular weight excluding hydrogens is 518 g/mol.